The van der Waals surface area contributed by atoms with Crippen LogP contribution in [0, 0.1) is 0 Å². The van der Waals surface area contributed by atoms with Crippen LogP contribution in [0.5, 0.6) is 0 Å². The average molecular weight is 288 g/mol. The number of rotatable bonds is 5. The maximum atomic E-state index is 10.4. The van der Waals surface area contributed by atoms with Crippen molar-refractivity contribution in [1.82, 2.24) is 0 Å². The Bertz CT molecular complexity index is 155. The second-order valence-corrected chi connectivity index (χ2v) is 4.29. The summed E-state index contributed by atoms with van der Waals surface area (Å²) in [6.07, 6.45) is -0.138. The Morgan fingerprint density at radius 2 is 2.08 bits per heavy atom. The van der Waals surface area contributed by atoms with Gasteiger partial charge in [0, 0.05) is 0 Å². The number of hydrogen-bond acceptors (Lipinski definition) is 2. The lowest BCUT2D eigenvalue weighted by molar-refractivity contribution is -0.873. The molecule has 0 radical (unpaired) electrons. The van der Waals surface area contributed by atoms with Gasteiger partial charge in [0.05, 0.1) is 27.6 Å². The largest absolute Gasteiger partial charge is 0.481 e. The number of hydrogen-bond donors (Lipinski definition) is 1. The first-order valence-electron chi connectivity index (χ1n) is 3.65. The summed E-state index contributed by atoms with van der Waals surface area (Å²) in [6, 6.07) is 0. The molecule has 0 unspecified atom stereocenters. The van der Waals surface area contributed by atoms with E-state index in [1.165, 1.54) is 0 Å². The summed E-state index contributed by atoms with van der Waals surface area (Å²) < 4.78 is 5.72. The van der Waals surface area contributed by atoms with Gasteiger partial charge in [0.2, 0.25) is 0 Å². The zero-order valence-electron chi connectivity index (χ0n) is 7.58. The zero-order chi connectivity index (χ0) is 9.78. The Morgan fingerprint density at radius 1 is 1.58 bits per heavy atom. The van der Waals surface area contributed by atoms with Gasteiger partial charge in [-0.2, -0.15) is 0 Å². The molecule has 0 rings (SSSR count). The van der Waals surface area contributed by atoms with Gasteiger partial charge >= 0.3 is 5.97 Å². The second kappa shape index (κ2) is 4.98. The monoisotopic (exact) mass is 288 g/mol. The quantitative estimate of drug-likeness (QED) is 0.604. The van der Waals surface area contributed by atoms with Crippen LogP contribution < -0.4 is 0 Å². The van der Waals surface area contributed by atoms with Crippen LogP contribution in [0.25, 0.3) is 0 Å². The zero-order valence-corrected chi connectivity index (χ0v) is 9.74. The first-order chi connectivity index (χ1) is 5.35. The van der Waals surface area contributed by atoms with Gasteiger partial charge in [0.15, 0.2) is 0 Å². The second-order valence-electron chi connectivity index (χ2n) is 3.78. The van der Waals surface area contributed by atoms with Crippen molar-refractivity contribution >= 4 is 29.0 Å². The van der Waals surface area contributed by atoms with E-state index in [-0.39, 0.29) is 12.5 Å². The summed E-state index contributed by atoms with van der Waals surface area (Å²) in [6.45, 7) is 0.704. The third kappa shape index (κ3) is 6.81. The normalized spacial score (nSPS) is 14.3. The molecule has 0 aliphatic carbocycles. The van der Waals surface area contributed by atoms with Gasteiger partial charge in [-0.05, 0) is 0 Å². The van der Waals surface area contributed by atoms with Crippen LogP contribution in [0.2, 0.25) is 0 Å². The fourth-order valence-electron chi connectivity index (χ4n) is 0.930. The summed E-state index contributed by atoms with van der Waals surface area (Å²) in [5, 5.41) is 8.52. The number of aliphatic carboxylic acids is 1. The van der Waals surface area contributed by atoms with Crippen molar-refractivity contribution < 1.29 is 17.5 Å². The molecule has 0 fully saturated rings. The van der Waals surface area contributed by atoms with E-state index in [1.54, 1.807) is 23.0 Å². The topological polar surface area (TPSA) is 46.5 Å². The third-order valence-electron chi connectivity index (χ3n) is 1.28. The maximum Gasteiger partial charge on any atom is 0.306 e. The number of quaternary nitrogens is 1. The van der Waals surface area contributed by atoms with Crippen LogP contribution in [-0.2, 0) is 7.86 Å². The molecule has 0 saturated carbocycles. The van der Waals surface area contributed by atoms with E-state index in [2.05, 4.69) is 0 Å². The van der Waals surface area contributed by atoms with Gasteiger partial charge in [-0.15, -0.1) is 0 Å². The van der Waals surface area contributed by atoms with E-state index >= 15 is 0 Å². The van der Waals surface area contributed by atoms with Crippen molar-refractivity contribution in [3.63, 3.8) is 0 Å². The Kier molecular flexibility index (Phi) is 5.03. The van der Waals surface area contributed by atoms with E-state index in [1.807, 2.05) is 21.1 Å². The molecular weight excluding hydrogens is 273 g/mol. The number of carbonyl (C=O) groups is 1. The van der Waals surface area contributed by atoms with E-state index in [9.17, 15) is 4.79 Å². The molecular formula is C7H15INO3+. The van der Waals surface area contributed by atoms with Crippen molar-refractivity contribution in [2.24, 2.45) is 0 Å². The Labute approximate surface area is 86.8 Å². The first kappa shape index (κ1) is 12.1. The molecule has 0 aromatic carbocycles. The molecule has 0 bridgehead atoms. The molecule has 0 amide bonds. The van der Waals surface area contributed by atoms with Gasteiger partial charge in [0.25, 0.3) is 0 Å². The number of likely N-dealkylation sites (N-methyl/N-ethyl adjacent to an activating group) is 1. The van der Waals surface area contributed by atoms with Crippen LogP contribution in [0.4, 0.5) is 0 Å². The molecule has 0 aliphatic rings. The van der Waals surface area contributed by atoms with Crippen molar-refractivity contribution in [3.05, 3.63) is 0 Å². The standard InChI is InChI=1S/C7H14INO3/c1-9(2,3)5-6(12-8)4-7(10)11/h6H,4-5H2,1-3H3/p+1/t6-/m1/s1. The van der Waals surface area contributed by atoms with Crippen LogP contribution in [-0.4, -0.2) is 49.4 Å². The lowest BCUT2D eigenvalue weighted by atomic mass is 10.2. The Balaban J connectivity index is 3.92. The molecule has 0 aromatic heterocycles. The number of nitrogens with zero attached hydrogens (tertiary/aromatic N) is 1. The van der Waals surface area contributed by atoms with Gasteiger partial charge in [-0.3, -0.25) is 4.79 Å². The van der Waals surface area contributed by atoms with E-state index in [0.29, 0.717) is 11.0 Å². The first-order valence-corrected chi connectivity index (χ1v) is 4.53. The van der Waals surface area contributed by atoms with Gasteiger partial charge < -0.3 is 12.7 Å². The van der Waals surface area contributed by atoms with E-state index < -0.39 is 5.97 Å². The minimum atomic E-state index is -0.815. The molecule has 0 spiro atoms. The summed E-state index contributed by atoms with van der Waals surface area (Å²) in [7, 11) is 6.01. The molecule has 72 valence electrons. The van der Waals surface area contributed by atoms with Crippen LogP contribution in [0.3, 0.4) is 0 Å². The minimum absolute atomic E-state index is 0.0679. The summed E-state index contributed by atoms with van der Waals surface area (Å²) in [5.41, 5.74) is 0. The summed E-state index contributed by atoms with van der Waals surface area (Å²) in [5.74, 6) is -0.815. The van der Waals surface area contributed by atoms with Gasteiger partial charge in [0.1, 0.15) is 35.7 Å². The molecule has 0 heterocycles. The predicted octanol–water partition coefficient (Wildman–Crippen LogP) is 0.902. The highest BCUT2D eigenvalue weighted by Gasteiger charge is 2.20. The summed E-state index contributed by atoms with van der Waals surface area (Å²) >= 11 is 1.75. The predicted molar refractivity (Wildman–Crippen MR) is 54.0 cm³/mol. The van der Waals surface area contributed by atoms with Crippen LogP contribution >= 0.6 is 23.0 Å². The molecule has 5 heteroatoms. The van der Waals surface area contributed by atoms with Gasteiger partial charge in [-0.1, -0.05) is 0 Å². The Hall–Kier alpha value is 0.120. The fourth-order valence-corrected chi connectivity index (χ4v) is 1.27. The average Bonchev–Trinajstić information content (AvgIpc) is 1.82. The van der Waals surface area contributed by atoms with Crippen molar-refractivity contribution in [2.75, 3.05) is 27.7 Å². The smallest absolute Gasteiger partial charge is 0.306 e. The van der Waals surface area contributed by atoms with Crippen molar-refractivity contribution in [1.29, 1.82) is 0 Å². The highest BCUT2D eigenvalue weighted by Crippen LogP contribution is 2.07. The highest BCUT2D eigenvalue weighted by atomic mass is 127. The highest BCUT2D eigenvalue weighted by molar-refractivity contribution is 14.1. The van der Waals surface area contributed by atoms with Gasteiger partial charge in [-0.25, -0.2) is 0 Å². The fraction of sp³-hybridized carbons (Fsp3) is 0.857. The maximum absolute atomic E-state index is 10.4. The van der Waals surface area contributed by atoms with E-state index in [4.69, 9.17) is 8.17 Å². The lowest BCUT2D eigenvalue weighted by Crippen LogP contribution is -2.42. The summed E-state index contributed by atoms with van der Waals surface area (Å²) in [4.78, 5) is 10.4. The molecule has 12 heavy (non-hydrogen) atoms. The minimum Gasteiger partial charge on any atom is -0.481 e. The molecule has 4 nitrogen and oxygen atoms in total. The van der Waals surface area contributed by atoms with Crippen molar-refractivity contribution in [2.45, 2.75) is 12.5 Å². The Morgan fingerprint density at radius 3 is 2.33 bits per heavy atom. The number of carboxylic acids is 1. The molecule has 0 saturated heterocycles. The molecule has 1 atom stereocenters. The molecule has 0 aromatic rings. The number of halogens is 1. The molecule has 0 aliphatic heterocycles. The molecule has 1 N–H and O–H groups in total. The number of carboxylic acid groups (broad SMARTS) is 1. The van der Waals surface area contributed by atoms with Crippen LogP contribution in [0.1, 0.15) is 6.42 Å². The van der Waals surface area contributed by atoms with Crippen molar-refractivity contribution in [3.8, 4) is 0 Å². The van der Waals surface area contributed by atoms with E-state index in [0.717, 1.165) is 0 Å². The lowest BCUT2D eigenvalue weighted by Gasteiger charge is -2.27. The third-order valence-corrected chi connectivity index (χ3v) is 2.00. The SMILES string of the molecule is C[N+](C)(C)C[C@@H](CC(=O)O)OI. The van der Waals surface area contributed by atoms with Crippen LogP contribution in [0.15, 0.2) is 0 Å².